The lowest BCUT2D eigenvalue weighted by Gasteiger charge is -2.36. The highest BCUT2D eigenvalue weighted by Gasteiger charge is 2.19. The summed E-state index contributed by atoms with van der Waals surface area (Å²) in [5.41, 5.74) is 3.19. The third-order valence-corrected chi connectivity index (χ3v) is 6.33. The van der Waals surface area contributed by atoms with Gasteiger partial charge in [-0.2, -0.15) is 0 Å². The lowest BCUT2D eigenvalue weighted by molar-refractivity contribution is -0.118. The monoisotopic (exact) mass is 480 g/mol. The number of anilines is 3. The Labute approximate surface area is 210 Å². The molecule has 7 heteroatoms. The van der Waals surface area contributed by atoms with E-state index in [1.54, 1.807) is 24.3 Å². The number of rotatable bonds is 7. The van der Waals surface area contributed by atoms with Crippen molar-refractivity contribution in [3.63, 3.8) is 0 Å². The Morgan fingerprint density at radius 1 is 0.833 bits per heavy atom. The Kier molecular flexibility index (Phi) is 6.80. The molecule has 0 atom stereocenters. The zero-order valence-electron chi connectivity index (χ0n) is 20.2. The molecule has 3 aromatic carbocycles. The molecular weight excluding hydrogens is 452 g/mol. The van der Waals surface area contributed by atoms with Gasteiger partial charge in [0, 0.05) is 48.5 Å². The van der Waals surface area contributed by atoms with E-state index in [9.17, 15) is 9.59 Å². The van der Waals surface area contributed by atoms with Crippen LogP contribution in [0.4, 0.5) is 17.2 Å². The third-order valence-electron chi connectivity index (χ3n) is 6.33. The Balaban J connectivity index is 1.24. The van der Waals surface area contributed by atoms with Crippen molar-refractivity contribution in [1.82, 2.24) is 4.98 Å². The van der Waals surface area contributed by atoms with Crippen molar-refractivity contribution in [3.05, 3.63) is 90.5 Å². The summed E-state index contributed by atoms with van der Waals surface area (Å²) in [6.07, 6.45) is 0. The van der Waals surface area contributed by atoms with Gasteiger partial charge >= 0.3 is 0 Å². The smallest absolute Gasteiger partial charge is 0.262 e. The number of nitrogens with one attached hydrogen (secondary N) is 1. The molecule has 0 bridgehead atoms. The van der Waals surface area contributed by atoms with E-state index in [0.717, 1.165) is 42.9 Å². The fraction of sp³-hybridized carbons (Fsp3) is 0.207. The molecular formula is C29H28N4O3. The topological polar surface area (TPSA) is 74.8 Å². The lowest BCUT2D eigenvalue weighted by atomic mass is 10.1. The van der Waals surface area contributed by atoms with Gasteiger partial charge in [0.1, 0.15) is 17.1 Å². The molecule has 4 aromatic rings. The van der Waals surface area contributed by atoms with Crippen LogP contribution in [0.15, 0.2) is 84.9 Å². The van der Waals surface area contributed by atoms with Crippen molar-refractivity contribution in [2.45, 2.75) is 6.92 Å². The Bertz CT molecular complexity index is 1360. The molecule has 5 rings (SSSR count). The van der Waals surface area contributed by atoms with Gasteiger partial charge in [0.05, 0.1) is 0 Å². The predicted molar refractivity (Wildman–Crippen MR) is 143 cm³/mol. The second-order valence-electron chi connectivity index (χ2n) is 8.78. The fourth-order valence-electron chi connectivity index (χ4n) is 4.36. The van der Waals surface area contributed by atoms with E-state index in [0.29, 0.717) is 17.0 Å². The number of ether oxygens (including phenoxy) is 1. The number of carbonyl (C=O) groups is 2. The van der Waals surface area contributed by atoms with Crippen LogP contribution < -0.4 is 19.9 Å². The van der Waals surface area contributed by atoms with Gasteiger partial charge in [-0.25, -0.2) is 4.98 Å². The molecule has 182 valence electrons. The number of nitrogens with zero attached hydrogens (tertiary/aromatic N) is 3. The second kappa shape index (κ2) is 10.5. The van der Waals surface area contributed by atoms with Gasteiger partial charge in [0.2, 0.25) is 0 Å². The zero-order valence-corrected chi connectivity index (χ0v) is 20.2. The van der Waals surface area contributed by atoms with Crippen molar-refractivity contribution < 1.29 is 14.3 Å². The van der Waals surface area contributed by atoms with Gasteiger partial charge in [0.15, 0.2) is 12.4 Å². The highest BCUT2D eigenvalue weighted by Crippen LogP contribution is 2.27. The molecule has 1 amide bonds. The molecule has 1 N–H and O–H groups in total. The summed E-state index contributed by atoms with van der Waals surface area (Å²) in [6, 6.07) is 27.1. The van der Waals surface area contributed by atoms with Crippen LogP contribution in [0.3, 0.4) is 0 Å². The number of aromatic nitrogens is 1. The van der Waals surface area contributed by atoms with Crippen molar-refractivity contribution >= 4 is 39.8 Å². The molecule has 1 aliphatic heterocycles. The summed E-state index contributed by atoms with van der Waals surface area (Å²) >= 11 is 0. The minimum atomic E-state index is -0.282. The van der Waals surface area contributed by atoms with E-state index in [-0.39, 0.29) is 18.3 Å². The molecule has 7 nitrogen and oxygen atoms in total. The largest absolute Gasteiger partial charge is 0.481 e. The molecule has 0 aliphatic carbocycles. The minimum absolute atomic E-state index is 0.0166. The van der Waals surface area contributed by atoms with Crippen LogP contribution >= 0.6 is 0 Å². The zero-order chi connectivity index (χ0) is 24.9. The molecule has 1 aliphatic rings. The van der Waals surface area contributed by atoms with E-state index < -0.39 is 0 Å². The molecule has 36 heavy (non-hydrogen) atoms. The standard InChI is InChI=1S/C29H28N4O3/c1-21(34)22-10-13-24(14-11-22)30-28(35)20-36-26-9-5-6-23-12-15-27(31-29(23)26)33-18-16-32(17-19-33)25-7-3-2-4-8-25/h2-15H,16-20H2,1H3,(H,30,35). The van der Waals surface area contributed by atoms with Crippen LogP contribution in [0.5, 0.6) is 5.75 Å². The maximum absolute atomic E-state index is 12.5. The summed E-state index contributed by atoms with van der Waals surface area (Å²) in [7, 11) is 0. The Hall–Kier alpha value is -4.39. The number of Topliss-reactive ketones (excluding diaryl/α,β-unsaturated/α-hetero) is 1. The molecule has 1 fully saturated rings. The summed E-state index contributed by atoms with van der Waals surface area (Å²) in [5.74, 6) is 1.17. The van der Waals surface area contributed by atoms with E-state index in [1.165, 1.54) is 12.6 Å². The van der Waals surface area contributed by atoms with Crippen LogP contribution in [0, 0.1) is 0 Å². The number of carbonyl (C=O) groups excluding carboxylic acids is 2. The molecule has 0 saturated carbocycles. The van der Waals surface area contributed by atoms with Gasteiger partial charge in [-0.05, 0) is 61.5 Å². The molecule has 2 heterocycles. The van der Waals surface area contributed by atoms with Gasteiger partial charge in [-0.1, -0.05) is 30.3 Å². The van der Waals surface area contributed by atoms with Gasteiger partial charge < -0.3 is 19.9 Å². The number of benzene rings is 3. The maximum atomic E-state index is 12.5. The molecule has 1 aromatic heterocycles. The number of amides is 1. The van der Waals surface area contributed by atoms with Crippen molar-refractivity contribution in [1.29, 1.82) is 0 Å². The average Bonchev–Trinajstić information content (AvgIpc) is 2.92. The normalized spacial score (nSPS) is 13.5. The van der Waals surface area contributed by atoms with E-state index in [1.807, 2.05) is 36.4 Å². The lowest BCUT2D eigenvalue weighted by Crippen LogP contribution is -2.46. The summed E-state index contributed by atoms with van der Waals surface area (Å²) in [6.45, 7) is 4.97. The third kappa shape index (κ3) is 5.30. The van der Waals surface area contributed by atoms with E-state index in [4.69, 9.17) is 9.72 Å². The quantitative estimate of drug-likeness (QED) is 0.384. The van der Waals surface area contributed by atoms with E-state index >= 15 is 0 Å². The van der Waals surface area contributed by atoms with Gasteiger partial charge in [-0.3, -0.25) is 9.59 Å². The number of pyridine rings is 1. The summed E-state index contributed by atoms with van der Waals surface area (Å²) < 4.78 is 5.88. The fourth-order valence-corrected chi connectivity index (χ4v) is 4.36. The van der Waals surface area contributed by atoms with E-state index in [2.05, 4.69) is 39.4 Å². The van der Waals surface area contributed by atoms with Gasteiger partial charge in [0.25, 0.3) is 5.91 Å². The average molecular weight is 481 g/mol. The van der Waals surface area contributed by atoms with Crippen LogP contribution in [0.25, 0.3) is 10.9 Å². The van der Waals surface area contributed by atoms with Crippen molar-refractivity contribution in [3.8, 4) is 5.75 Å². The maximum Gasteiger partial charge on any atom is 0.262 e. The highest BCUT2D eigenvalue weighted by atomic mass is 16.5. The number of fused-ring (bicyclic) bond motifs is 1. The van der Waals surface area contributed by atoms with Crippen LogP contribution in [-0.4, -0.2) is 49.5 Å². The Morgan fingerprint density at radius 2 is 1.56 bits per heavy atom. The summed E-state index contributed by atoms with van der Waals surface area (Å²) in [5, 5.41) is 3.76. The Morgan fingerprint density at radius 3 is 2.28 bits per heavy atom. The molecule has 0 radical (unpaired) electrons. The van der Waals surface area contributed by atoms with Gasteiger partial charge in [-0.15, -0.1) is 0 Å². The number of piperazine rings is 1. The predicted octanol–water partition coefficient (Wildman–Crippen LogP) is 4.78. The molecule has 0 spiro atoms. The molecule has 1 saturated heterocycles. The van der Waals surface area contributed by atoms with Crippen LogP contribution in [0.1, 0.15) is 17.3 Å². The van der Waals surface area contributed by atoms with Crippen molar-refractivity contribution in [2.75, 3.05) is 47.9 Å². The first kappa shape index (κ1) is 23.4. The number of hydrogen-bond donors (Lipinski definition) is 1. The number of para-hydroxylation sites is 2. The number of ketones is 1. The second-order valence-corrected chi connectivity index (χ2v) is 8.78. The number of hydrogen-bond acceptors (Lipinski definition) is 6. The first-order valence-electron chi connectivity index (χ1n) is 12.1. The molecule has 0 unspecified atom stereocenters. The van der Waals surface area contributed by atoms with Crippen LogP contribution in [0.2, 0.25) is 0 Å². The summed E-state index contributed by atoms with van der Waals surface area (Å²) in [4.78, 5) is 33.5. The minimum Gasteiger partial charge on any atom is -0.481 e. The van der Waals surface area contributed by atoms with Crippen molar-refractivity contribution in [2.24, 2.45) is 0 Å². The first-order valence-corrected chi connectivity index (χ1v) is 12.1. The highest BCUT2D eigenvalue weighted by molar-refractivity contribution is 5.96. The van der Waals surface area contributed by atoms with Crippen LogP contribution in [-0.2, 0) is 4.79 Å². The first-order chi connectivity index (χ1) is 17.6. The SMILES string of the molecule is CC(=O)c1ccc(NC(=O)COc2cccc3ccc(N4CCN(c5ccccc5)CC4)nc23)cc1.